The minimum atomic E-state index is -3.45. The Morgan fingerprint density at radius 3 is 2.60 bits per heavy atom. The van der Waals surface area contributed by atoms with Crippen molar-refractivity contribution in [3.8, 4) is 0 Å². The normalized spacial score (nSPS) is 12.3. The fraction of sp³-hybridized carbons (Fsp3) is 0.250. The van der Waals surface area contributed by atoms with E-state index >= 15 is 0 Å². The van der Waals surface area contributed by atoms with Gasteiger partial charge in [-0.1, -0.05) is 57.6 Å². The van der Waals surface area contributed by atoms with Gasteiger partial charge in [-0.3, -0.25) is 9.59 Å². The number of carbonyl (C=O) groups excluding carboxylic acids is 2. The number of methoxy groups -OCH3 is 1. The van der Waals surface area contributed by atoms with Crippen molar-refractivity contribution in [2.75, 3.05) is 12.9 Å². The van der Waals surface area contributed by atoms with Crippen molar-refractivity contribution in [1.29, 1.82) is 0 Å². The Balaban J connectivity index is 1.82. The number of benzene rings is 2. The number of thiazole rings is 1. The van der Waals surface area contributed by atoms with Gasteiger partial charge in [0, 0.05) is 10.9 Å². The maximum atomic E-state index is 12.4. The Hall–Kier alpha value is -2.30. The van der Waals surface area contributed by atoms with Gasteiger partial charge in [-0.15, -0.1) is 0 Å². The molecule has 30 heavy (non-hydrogen) atoms. The summed E-state index contributed by atoms with van der Waals surface area (Å²) in [5.41, 5.74) is 1.41. The summed E-state index contributed by atoms with van der Waals surface area (Å²) in [5, 5.41) is 0. The van der Waals surface area contributed by atoms with Crippen LogP contribution in [-0.2, 0) is 36.5 Å². The van der Waals surface area contributed by atoms with E-state index in [0.29, 0.717) is 10.4 Å². The molecule has 0 N–H and O–H groups in total. The van der Waals surface area contributed by atoms with E-state index in [2.05, 4.69) is 20.9 Å². The van der Waals surface area contributed by atoms with Crippen molar-refractivity contribution in [2.45, 2.75) is 18.7 Å². The van der Waals surface area contributed by atoms with Gasteiger partial charge in [0.05, 0.1) is 28.8 Å². The molecule has 0 fully saturated rings. The van der Waals surface area contributed by atoms with E-state index in [4.69, 9.17) is 4.74 Å². The monoisotopic (exact) mass is 510 g/mol. The van der Waals surface area contributed by atoms with E-state index < -0.39 is 21.7 Å². The standard InChI is InChI=1S/C20H19BrN2O5S2/c1-28-19(25)12-23-16-8-7-15(21)11-17(16)29-20(23)22-18(24)9-10-30(26,27)13-14-5-3-2-4-6-14/h2-8,11H,9-10,12-13H2,1H3. The molecule has 1 aromatic heterocycles. The van der Waals surface area contributed by atoms with Gasteiger partial charge in [0.1, 0.15) is 6.54 Å². The maximum absolute atomic E-state index is 12.4. The number of ether oxygens (including phenoxy) is 1. The first-order chi connectivity index (χ1) is 14.3. The van der Waals surface area contributed by atoms with Gasteiger partial charge in [-0.05, 0) is 23.8 Å². The minimum Gasteiger partial charge on any atom is -0.468 e. The smallest absolute Gasteiger partial charge is 0.325 e. The number of carbonyl (C=O) groups is 2. The number of halogens is 1. The fourth-order valence-electron chi connectivity index (χ4n) is 2.78. The SMILES string of the molecule is COC(=O)Cn1c(=NC(=O)CCS(=O)(=O)Cc2ccccc2)sc2cc(Br)ccc21. The summed E-state index contributed by atoms with van der Waals surface area (Å²) in [5.74, 6) is -1.45. The van der Waals surface area contributed by atoms with Crippen LogP contribution >= 0.6 is 27.3 Å². The number of rotatable bonds is 7. The van der Waals surface area contributed by atoms with E-state index in [1.165, 1.54) is 18.4 Å². The summed E-state index contributed by atoms with van der Waals surface area (Å²) in [6, 6.07) is 14.3. The summed E-state index contributed by atoms with van der Waals surface area (Å²) in [6.07, 6.45) is -0.231. The highest BCUT2D eigenvalue weighted by Gasteiger charge is 2.16. The molecule has 1 heterocycles. The summed E-state index contributed by atoms with van der Waals surface area (Å²) in [4.78, 5) is 28.6. The van der Waals surface area contributed by atoms with Crippen LogP contribution in [0.3, 0.4) is 0 Å². The predicted molar refractivity (Wildman–Crippen MR) is 119 cm³/mol. The van der Waals surface area contributed by atoms with Crippen molar-refractivity contribution < 1.29 is 22.7 Å². The van der Waals surface area contributed by atoms with E-state index in [0.717, 1.165) is 14.7 Å². The van der Waals surface area contributed by atoms with E-state index in [-0.39, 0.29) is 24.5 Å². The third-order valence-electron chi connectivity index (χ3n) is 4.24. The van der Waals surface area contributed by atoms with Crippen LogP contribution in [0.4, 0.5) is 0 Å². The average Bonchev–Trinajstić information content (AvgIpc) is 3.02. The molecule has 0 unspecified atom stereocenters. The largest absolute Gasteiger partial charge is 0.468 e. The second kappa shape index (κ2) is 9.67. The first-order valence-electron chi connectivity index (χ1n) is 8.95. The molecule has 158 valence electrons. The number of hydrogen-bond acceptors (Lipinski definition) is 6. The van der Waals surface area contributed by atoms with Crippen molar-refractivity contribution in [3.05, 3.63) is 63.4 Å². The third kappa shape index (κ3) is 5.87. The Bertz CT molecular complexity index is 1250. The molecule has 0 aliphatic heterocycles. The van der Waals surface area contributed by atoms with E-state index in [1.807, 2.05) is 24.3 Å². The van der Waals surface area contributed by atoms with Gasteiger partial charge in [0.15, 0.2) is 14.6 Å². The molecule has 7 nitrogen and oxygen atoms in total. The zero-order valence-electron chi connectivity index (χ0n) is 16.1. The lowest BCUT2D eigenvalue weighted by molar-refractivity contribution is -0.141. The summed E-state index contributed by atoms with van der Waals surface area (Å²) < 4.78 is 32.7. The second-order valence-electron chi connectivity index (χ2n) is 6.49. The highest BCUT2D eigenvalue weighted by Crippen LogP contribution is 2.22. The lowest BCUT2D eigenvalue weighted by Crippen LogP contribution is -2.23. The zero-order valence-corrected chi connectivity index (χ0v) is 19.3. The van der Waals surface area contributed by atoms with Crippen LogP contribution in [0.1, 0.15) is 12.0 Å². The van der Waals surface area contributed by atoms with Crippen molar-refractivity contribution in [3.63, 3.8) is 0 Å². The number of esters is 1. The van der Waals surface area contributed by atoms with Gasteiger partial charge >= 0.3 is 5.97 Å². The lowest BCUT2D eigenvalue weighted by Gasteiger charge is -2.04. The van der Waals surface area contributed by atoms with Crippen LogP contribution in [0, 0.1) is 0 Å². The van der Waals surface area contributed by atoms with Crippen LogP contribution in [0.15, 0.2) is 58.0 Å². The van der Waals surface area contributed by atoms with Crippen LogP contribution in [0.25, 0.3) is 10.2 Å². The fourth-order valence-corrected chi connectivity index (χ4v) is 5.71. The van der Waals surface area contributed by atoms with Crippen LogP contribution < -0.4 is 4.80 Å². The zero-order chi connectivity index (χ0) is 21.7. The second-order valence-corrected chi connectivity index (χ2v) is 10.6. The van der Waals surface area contributed by atoms with E-state index in [9.17, 15) is 18.0 Å². The van der Waals surface area contributed by atoms with Gasteiger partial charge < -0.3 is 9.30 Å². The first kappa shape index (κ1) is 22.4. The van der Waals surface area contributed by atoms with Crippen molar-refractivity contribution in [2.24, 2.45) is 4.99 Å². The van der Waals surface area contributed by atoms with Gasteiger partial charge in [0.25, 0.3) is 0 Å². The topological polar surface area (TPSA) is 94.8 Å². The third-order valence-corrected chi connectivity index (χ3v) is 7.37. The first-order valence-corrected chi connectivity index (χ1v) is 12.4. The Labute approximate surface area is 186 Å². The Morgan fingerprint density at radius 2 is 1.90 bits per heavy atom. The van der Waals surface area contributed by atoms with Gasteiger partial charge in [-0.2, -0.15) is 4.99 Å². The molecule has 0 saturated carbocycles. The highest BCUT2D eigenvalue weighted by molar-refractivity contribution is 9.10. The summed E-state index contributed by atoms with van der Waals surface area (Å²) in [6.45, 7) is -0.101. The molecule has 0 aliphatic carbocycles. The molecule has 3 rings (SSSR count). The summed E-state index contributed by atoms with van der Waals surface area (Å²) in [7, 11) is -2.16. The summed E-state index contributed by atoms with van der Waals surface area (Å²) >= 11 is 4.64. The molecule has 2 aromatic carbocycles. The molecule has 1 amide bonds. The van der Waals surface area contributed by atoms with E-state index in [1.54, 1.807) is 28.8 Å². The maximum Gasteiger partial charge on any atom is 0.325 e. The molecular formula is C20H19BrN2O5S2. The Morgan fingerprint density at radius 1 is 1.17 bits per heavy atom. The molecule has 0 spiro atoms. The van der Waals surface area contributed by atoms with Crippen LogP contribution in [0.2, 0.25) is 0 Å². The number of amides is 1. The molecule has 0 radical (unpaired) electrons. The number of sulfone groups is 1. The Kier molecular flexibility index (Phi) is 7.22. The minimum absolute atomic E-state index is 0.101. The number of fused-ring (bicyclic) bond motifs is 1. The molecule has 0 atom stereocenters. The molecular weight excluding hydrogens is 492 g/mol. The van der Waals surface area contributed by atoms with Crippen molar-refractivity contribution in [1.82, 2.24) is 4.57 Å². The highest BCUT2D eigenvalue weighted by atomic mass is 79.9. The van der Waals surface area contributed by atoms with Gasteiger partial charge in [0.2, 0.25) is 5.91 Å². The lowest BCUT2D eigenvalue weighted by atomic mass is 10.2. The molecule has 0 saturated heterocycles. The molecule has 0 aliphatic rings. The quantitative estimate of drug-likeness (QED) is 0.455. The van der Waals surface area contributed by atoms with Gasteiger partial charge in [-0.25, -0.2) is 8.42 Å². The van der Waals surface area contributed by atoms with Crippen molar-refractivity contribution >= 4 is 59.2 Å². The molecule has 3 aromatic rings. The number of aromatic nitrogens is 1. The number of nitrogens with zero attached hydrogens (tertiary/aromatic N) is 2. The molecule has 10 heteroatoms. The average molecular weight is 511 g/mol. The molecule has 0 bridgehead atoms. The van der Waals surface area contributed by atoms with Crippen LogP contribution in [-0.4, -0.2) is 37.7 Å². The number of hydrogen-bond donors (Lipinski definition) is 0. The predicted octanol–water partition coefficient (Wildman–Crippen LogP) is 3.07. The van der Waals surface area contributed by atoms with Crippen LogP contribution in [0.5, 0.6) is 0 Å².